The van der Waals surface area contributed by atoms with E-state index in [4.69, 9.17) is 39.5 Å². The Kier molecular flexibility index (Phi) is 6.65. The van der Waals surface area contributed by atoms with E-state index in [-0.39, 0.29) is 12.5 Å². The number of halogens is 3. The van der Waals surface area contributed by atoms with Crippen LogP contribution in [0.5, 0.6) is 5.75 Å². The molecule has 3 rings (SSSR count). The molecule has 1 saturated heterocycles. The number of carbonyl (C=O) groups is 1. The van der Waals surface area contributed by atoms with Gasteiger partial charge in [-0.3, -0.25) is 4.79 Å². The minimum absolute atomic E-state index is 0.0501. The van der Waals surface area contributed by atoms with Gasteiger partial charge in [-0.25, -0.2) is 0 Å². The van der Waals surface area contributed by atoms with E-state index in [1.165, 1.54) is 22.6 Å². The molecule has 1 fully saturated rings. The van der Waals surface area contributed by atoms with E-state index < -0.39 is 0 Å². The molecule has 2 aromatic carbocycles. The predicted octanol–water partition coefficient (Wildman–Crippen LogP) is 2.95. The van der Waals surface area contributed by atoms with Gasteiger partial charge in [-0.2, -0.15) is 0 Å². The molecule has 1 aliphatic heterocycles. The molecule has 4 nitrogen and oxygen atoms in total. The fourth-order valence-corrected chi connectivity index (χ4v) is 3.57. The summed E-state index contributed by atoms with van der Waals surface area (Å²) in [6.07, 6.45) is 0. The summed E-state index contributed by atoms with van der Waals surface area (Å²) in [5.41, 5.74) is 1.32. The summed E-state index contributed by atoms with van der Waals surface area (Å²) in [6, 6.07) is 13.5. The molecule has 1 aliphatic rings. The Balaban J connectivity index is 1.47. The van der Waals surface area contributed by atoms with Gasteiger partial charge in [0, 0.05) is 11.6 Å². The van der Waals surface area contributed by atoms with Crippen LogP contribution in [0.15, 0.2) is 42.5 Å². The van der Waals surface area contributed by atoms with Crippen molar-refractivity contribution in [2.75, 3.05) is 32.8 Å². The quantitative estimate of drug-likeness (QED) is 0.763. The second-order valence-electron chi connectivity index (χ2n) is 6.28. The molecule has 1 amide bonds. The van der Waals surface area contributed by atoms with Crippen molar-refractivity contribution in [1.29, 1.82) is 0 Å². The predicted molar refractivity (Wildman–Crippen MR) is 104 cm³/mol. The van der Waals surface area contributed by atoms with Crippen LogP contribution in [0.4, 0.5) is 0 Å². The summed E-state index contributed by atoms with van der Waals surface area (Å²) in [6.45, 7) is 4.21. The van der Waals surface area contributed by atoms with Gasteiger partial charge in [0.15, 0.2) is 6.61 Å². The molecule has 1 N–H and O–H groups in total. The average Bonchev–Trinajstić information content (AvgIpc) is 2.65. The van der Waals surface area contributed by atoms with Crippen LogP contribution in [0, 0.1) is 0 Å². The highest BCUT2D eigenvalue weighted by Gasteiger charge is 2.24. The molecule has 0 bridgehead atoms. The molecule has 1 heterocycles. The van der Waals surface area contributed by atoms with Crippen LogP contribution in [-0.4, -0.2) is 43.6 Å². The largest absolute Gasteiger partial charge is 0.482 e. The molecule has 2 aromatic rings. The van der Waals surface area contributed by atoms with Crippen molar-refractivity contribution < 1.29 is 14.4 Å². The molecule has 0 radical (unpaired) electrons. The van der Waals surface area contributed by atoms with Gasteiger partial charge in [0.2, 0.25) is 0 Å². The van der Waals surface area contributed by atoms with Gasteiger partial charge in [-0.1, -0.05) is 65.1 Å². The number of nitrogens with one attached hydrogen (secondary N) is 1. The highest BCUT2D eigenvalue weighted by atomic mass is 35.5. The van der Waals surface area contributed by atoms with E-state index in [2.05, 4.69) is 24.3 Å². The van der Waals surface area contributed by atoms with E-state index in [1.807, 2.05) is 11.0 Å². The number of amides is 1. The number of quaternary nitrogens is 1. The lowest BCUT2D eigenvalue weighted by molar-refractivity contribution is -0.917. The Morgan fingerprint density at radius 1 is 1.00 bits per heavy atom. The van der Waals surface area contributed by atoms with Gasteiger partial charge in [-0.05, 0) is 6.07 Å². The van der Waals surface area contributed by atoms with Crippen LogP contribution < -0.4 is 9.64 Å². The number of carbonyl (C=O) groups excluding carboxylic acids is 1. The smallest absolute Gasteiger partial charge is 0.260 e. The van der Waals surface area contributed by atoms with Gasteiger partial charge in [0.1, 0.15) is 12.3 Å². The zero-order valence-electron chi connectivity index (χ0n) is 14.2. The number of piperazine rings is 1. The Morgan fingerprint density at radius 3 is 2.35 bits per heavy atom. The normalized spacial score (nSPS) is 15.1. The maximum atomic E-state index is 12.4. The second-order valence-corrected chi connectivity index (χ2v) is 7.50. The van der Waals surface area contributed by atoms with Gasteiger partial charge < -0.3 is 14.5 Å². The summed E-state index contributed by atoms with van der Waals surface area (Å²) in [7, 11) is 0. The molecular formula is C19H20Cl3N2O2+. The van der Waals surface area contributed by atoms with Gasteiger partial charge >= 0.3 is 0 Å². The average molecular weight is 415 g/mol. The zero-order valence-corrected chi connectivity index (χ0v) is 16.4. The summed E-state index contributed by atoms with van der Waals surface area (Å²) >= 11 is 17.9. The summed E-state index contributed by atoms with van der Waals surface area (Å²) in [4.78, 5) is 15.7. The summed E-state index contributed by atoms with van der Waals surface area (Å²) < 4.78 is 5.54. The summed E-state index contributed by atoms with van der Waals surface area (Å²) in [5.74, 6) is 0.314. The Hall–Kier alpha value is -1.46. The van der Waals surface area contributed by atoms with Crippen LogP contribution in [0.1, 0.15) is 5.56 Å². The number of nitrogens with zero attached hydrogens (tertiary/aromatic N) is 1. The Labute approximate surface area is 168 Å². The van der Waals surface area contributed by atoms with Crippen molar-refractivity contribution in [3.63, 3.8) is 0 Å². The van der Waals surface area contributed by atoms with E-state index in [1.54, 1.807) is 0 Å². The zero-order chi connectivity index (χ0) is 18.5. The van der Waals surface area contributed by atoms with E-state index in [9.17, 15) is 4.79 Å². The van der Waals surface area contributed by atoms with Crippen molar-refractivity contribution in [1.82, 2.24) is 4.90 Å². The maximum absolute atomic E-state index is 12.4. The highest BCUT2D eigenvalue weighted by Crippen LogP contribution is 2.33. The number of ether oxygens (including phenoxy) is 1. The molecule has 7 heteroatoms. The first-order valence-corrected chi connectivity index (χ1v) is 9.59. The molecular weight excluding hydrogens is 395 g/mol. The van der Waals surface area contributed by atoms with Crippen molar-refractivity contribution in [2.45, 2.75) is 6.54 Å². The second kappa shape index (κ2) is 8.96. The van der Waals surface area contributed by atoms with Gasteiger partial charge in [0.05, 0.1) is 41.2 Å². The molecule has 0 atom stereocenters. The third kappa shape index (κ3) is 5.04. The number of benzene rings is 2. The number of hydrogen-bond donors (Lipinski definition) is 1. The lowest BCUT2D eigenvalue weighted by Gasteiger charge is -2.32. The molecule has 0 aromatic heterocycles. The topological polar surface area (TPSA) is 34.0 Å². The lowest BCUT2D eigenvalue weighted by atomic mass is 10.2. The van der Waals surface area contributed by atoms with E-state index in [0.29, 0.717) is 20.8 Å². The Bertz CT molecular complexity index is 763. The van der Waals surface area contributed by atoms with Crippen LogP contribution in [-0.2, 0) is 11.3 Å². The SMILES string of the molecule is O=C(COc1cc(Cl)c(Cl)cc1Cl)N1CC[NH+](Cc2ccccc2)CC1. The first-order valence-electron chi connectivity index (χ1n) is 8.45. The fourth-order valence-electron chi connectivity index (χ4n) is 2.98. The molecule has 0 aliphatic carbocycles. The number of rotatable bonds is 5. The third-order valence-electron chi connectivity index (χ3n) is 4.45. The lowest BCUT2D eigenvalue weighted by Crippen LogP contribution is -3.13. The third-order valence-corrected chi connectivity index (χ3v) is 5.46. The maximum Gasteiger partial charge on any atom is 0.260 e. The first-order chi connectivity index (χ1) is 12.5. The van der Waals surface area contributed by atoms with Crippen LogP contribution in [0.3, 0.4) is 0 Å². The molecule has 0 unspecified atom stereocenters. The monoisotopic (exact) mass is 413 g/mol. The van der Waals surface area contributed by atoms with E-state index in [0.717, 1.165) is 32.7 Å². The van der Waals surface area contributed by atoms with Crippen molar-refractivity contribution in [3.8, 4) is 5.75 Å². The minimum atomic E-state index is -0.0638. The number of hydrogen-bond acceptors (Lipinski definition) is 2. The minimum Gasteiger partial charge on any atom is -0.482 e. The van der Waals surface area contributed by atoms with E-state index >= 15 is 0 Å². The molecule has 138 valence electrons. The molecule has 26 heavy (non-hydrogen) atoms. The van der Waals surface area contributed by atoms with Gasteiger partial charge in [0.25, 0.3) is 5.91 Å². The fraction of sp³-hybridized carbons (Fsp3) is 0.316. The van der Waals surface area contributed by atoms with Crippen molar-refractivity contribution in [2.24, 2.45) is 0 Å². The Morgan fingerprint density at radius 2 is 1.65 bits per heavy atom. The van der Waals surface area contributed by atoms with Gasteiger partial charge in [-0.15, -0.1) is 0 Å². The van der Waals surface area contributed by atoms with Crippen LogP contribution >= 0.6 is 34.8 Å². The standard InChI is InChI=1S/C19H19Cl3N2O2/c20-15-10-17(22)18(11-16(15)21)26-13-19(25)24-8-6-23(7-9-24)12-14-4-2-1-3-5-14/h1-5,10-11H,6-9,12-13H2/p+1. The van der Waals surface area contributed by atoms with Crippen LogP contribution in [0.25, 0.3) is 0 Å². The van der Waals surface area contributed by atoms with Crippen LogP contribution in [0.2, 0.25) is 15.1 Å². The molecule has 0 spiro atoms. The highest BCUT2D eigenvalue weighted by molar-refractivity contribution is 6.43. The first kappa shape index (κ1) is 19.3. The van der Waals surface area contributed by atoms with Crippen molar-refractivity contribution in [3.05, 3.63) is 63.1 Å². The van der Waals surface area contributed by atoms with Crippen molar-refractivity contribution >= 4 is 40.7 Å². The summed E-state index contributed by atoms with van der Waals surface area (Å²) in [5, 5.41) is 1.04. The molecule has 0 saturated carbocycles.